The molecule has 0 radical (unpaired) electrons. The fourth-order valence-corrected chi connectivity index (χ4v) is 4.85. The highest BCUT2D eigenvalue weighted by Crippen LogP contribution is 2.33. The molecule has 1 heterocycles. The van der Waals surface area contributed by atoms with Crippen LogP contribution in [0.25, 0.3) is 11.1 Å². The maximum Gasteiger partial charge on any atom is 0.249 e. The standard InChI is InChI=1S/C31H29FN2O2/c32-27-14-11-24(12-15-27)25-13-16-29-26(18-25)19-28(21-34(29)20-23-9-5-2-6-10-23)33-31(36)30(35)17-22-7-3-1-4-8-22/h1-16,18,28,30,35H,17,19-21H2,(H,33,36)/t28?,30-/m0/s1. The Kier molecular flexibility index (Phi) is 7.10. The molecule has 0 bridgehead atoms. The normalized spacial score (nSPS) is 15.7. The summed E-state index contributed by atoms with van der Waals surface area (Å²) in [4.78, 5) is 15.2. The van der Waals surface area contributed by atoms with E-state index in [4.69, 9.17) is 0 Å². The van der Waals surface area contributed by atoms with Gasteiger partial charge in [-0.25, -0.2) is 4.39 Å². The molecule has 1 unspecified atom stereocenters. The van der Waals surface area contributed by atoms with Crippen LogP contribution in [0.3, 0.4) is 0 Å². The minimum Gasteiger partial charge on any atom is -0.383 e. The van der Waals surface area contributed by atoms with Gasteiger partial charge in [-0.05, 0) is 58.5 Å². The summed E-state index contributed by atoms with van der Waals surface area (Å²) in [6, 6.07) is 32.4. The predicted octanol–water partition coefficient (Wildman–Crippen LogP) is 5.14. The van der Waals surface area contributed by atoms with Crippen molar-refractivity contribution in [2.75, 3.05) is 11.4 Å². The molecule has 0 aromatic heterocycles. The molecule has 0 aliphatic carbocycles. The first-order valence-corrected chi connectivity index (χ1v) is 12.3. The van der Waals surface area contributed by atoms with Crippen LogP contribution in [0.5, 0.6) is 0 Å². The maximum absolute atomic E-state index is 13.4. The second kappa shape index (κ2) is 10.8. The summed E-state index contributed by atoms with van der Waals surface area (Å²) in [7, 11) is 0. The van der Waals surface area contributed by atoms with Crippen molar-refractivity contribution >= 4 is 11.6 Å². The first-order valence-electron chi connectivity index (χ1n) is 12.3. The number of aliphatic hydroxyl groups excluding tert-OH is 1. The molecule has 5 rings (SSSR count). The third kappa shape index (κ3) is 5.64. The zero-order chi connectivity index (χ0) is 24.9. The van der Waals surface area contributed by atoms with Gasteiger partial charge in [0.2, 0.25) is 5.91 Å². The highest BCUT2D eigenvalue weighted by Gasteiger charge is 2.28. The Labute approximate surface area is 211 Å². The molecule has 0 saturated carbocycles. The van der Waals surface area contributed by atoms with Crippen LogP contribution in [-0.4, -0.2) is 29.7 Å². The van der Waals surface area contributed by atoms with Crippen LogP contribution < -0.4 is 10.2 Å². The highest BCUT2D eigenvalue weighted by atomic mass is 19.1. The van der Waals surface area contributed by atoms with E-state index in [-0.39, 0.29) is 24.2 Å². The molecule has 2 atom stereocenters. The van der Waals surface area contributed by atoms with Gasteiger partial charge in [0.15, 0.2) is 0 Å². The van der Waals surface area contributed by atoms with Crippen LogP contribution in [0.15, 0.2) is 103 Å². The van der Waals surface area contributed by atoms with Gasteiger partial charge in [-0.15, -0.1) is 0 Å². The minimum atomic E-state index is -1.11. The summed E-state index contributed by atoms with van der Waals surface area (Å²) < 4.78 is 13.4. The van der Waals surface area contributed by atoms with E-state index in [1.165, 1.54) is 17.7 Å². The molecule has 36 heavy (non-hydrogen) atoms. The average Bonchev–Trinajstić information content (AvgIpc) is 2.90. The second-order valence-electron chi connectivity index (χ2n) is 9.33. The highest BCUT2D eigenvalue weighted by molar-refractivity contribution is 5.81. The lowest BCUT2D eigenvalue weighted by molar-refractivity contribution is -0.129. The molecule has 0 saturated heterocycles. The van der Waals surface area contributed by atoms with E-state index in [1.807, 2.05) is 48.5 Å². The molecule has 5 heteroatoms. The molecule has 2 N–H and O–H groups in total. The van der Waals surface area contributed by atoms with Crippen molar-refractivity contribution in [2.24, 2.45) is 0 Å². The van der Waals surface area contributed by atoms with Crippen LogP contribution in [-0.2, 0) is 24.2 Å². The van der Waals surface area contributed by atoms with Crippen LogP contribution in [0.1, 0.15) is 16.7 Å². The number of hydrogen-bond donors (Lipinski definition) is 2. The van der Waals surface area contributed by atoms with Crippen LogP contribution in [0.2, 0.25) is 0 Å². The number of rotatable bonds is 7. The smallest absolute Gasteiger partial charge is 0.249 e. The van der Waals surface area contributed by atoms with Gasteiger partial charge in [-0.3, -0.25) is 4.79 Å². The van der Waals surface area contributed by atoms with Gasteiger partial charge in [-0.2, -0.15) is 0 Å². The van der Waals surface area contributed by atoms with E-state index in [9.17, 15) is 14.3 Å². The van der Waals surface area contributed by atoms with Crippen molar-refractivity contribution in [1.29, 1.82) is 0 Å². The van der Waals surface area contributed by atoms with Gasteiger partial charge in [-0.1, -0.05) is 78.9 Å². The number of carbonyl (C=O) groups excluding carboxylic acids is 1. The molecule has 0 fully saturated rings. The molecular formula is C31H29FN2O2. The number of halogens is 1. The SMILES string of the molecule is O=C(NC1Cc2cc(-c3ccc(F)cc3)ccc2N(Cc2ccccc2)C1)[C@@H](O)Cc1ccccc1. The third-order valence-electron chi connectivity index (χ3n) is 6.64. The number of carbonyl (C=O) groups is 1. The predicted molar refractivity (Wildman–Crippen MR) is 141 cm³/mol. The van der Waals surface area contributed by atoms with Gasteiger partial charge in [0.1, 0.15) is 11.9 Å². The zero-order valence-corrected chi connectivity index (χ0v) is 20.0. The van der Waals surface area contributed by atoms with Gasteiger partial charge >= 0.3 is 0 Å². The Morgan fingerprint density at radius 3 is 2.22 bits per heavy atom. The van der Waals surface area contributed by atoms with Gasteiger partial charge in [0.05, 0.1) is 6.04 Å². The van der Waals surface area contributed by atoms with Crippen LogP contribution in [0, 0.1) is 5.82 Å². The van der Waals surface area contributed by atoms with Crippen molar-refractivity contribution < 1.29 is 14.3 Å². The third-order valence-corrected chi connectivity index (χ3v) is 6.64. The fourth-order valence-electron chi connectivity index (χ4n) is 4.85. The summed E-state index contributed by atoms with van der Waals surface area (Å²) in [6.45, 7) is 1.35. The molecule has 4 aromatic carbocycles. The topological polar surface area (TPSA) is 52.6 Å². The Morgan fingerprint density at radius 1 is 0.889 bits per heavy atom. The molecule has 1 aliphatic rings. The monoisotopic (exact) mass is 480 g/mol. The van der Waals surface area contributed by atoms with Crippen molar-refractivity contribution in [3.63, 3.8) is 0 Å². The number of aliphatic hydroxyl groups is 1. The quantitative estimate of drug-likeness (QED) is 0.385. The van der Waals surface area contributed by atoms with E-state index in [0.717, 1.165) is 27.9 Å². The van der Waals surface area contributed by atoms with E-state index >= 15 is 0 Å². The molecule has 4 nitrogen and oxygen atoms in total. The first kappa shape index (κ1) is 23.8. The largest absolute Gasteiger partial charge is 0.383 e. The molecular weight excluding hydrogens is 451 g/mol. The van der Waals surface area contributed by atoms with Crippen LogP contribution >= 0.6 is 0 Å². The lowest BCUT2D eigenvalue weighted by Crippen LogP contribution is -2.51. The molecule has 1 aliphatic heterocycles. The summed E-state index contributed by atoms with van der Waals surface area (Å²) in [5.74, 6) is -0.621. The van der Waals surface area contributed by atoms with Crippen molar-refractivity contribution in [2.45, 2.75) is 31.5 Å². The van der Waals surface area contributed by atoms with E-state index in [0.29, 0.717) is 19.5 Å². The number of benzene rings is 4. The number of nitrogens with one attached hydrogen (secondary N) is 1. The summed E-state index contributed by atoms with van der Waals surface area (Å²) in [6.07, 6.45) is -0.181. The Balaban J connectivity index is 1.38. The first-order chi connectivity index (χ1) is 17.5. The number of hydrogen-bond acceptors (Lipinski definition) is 3. The Hall–Kier alpha value is -3.96. The van der Waals surface area contributed by atoms with Crippen molar-refractivity contribution in [1.82, 2.24) is 5.32 Å². The van der Waals surface area contributed by atoms with Gasteiger partial charge in [0.25, 0.3) is 0 Å². The van der Waals surface area contributed by atoms with Gasteiger partial charge in [0, 0.05) is 25.2 Å². The number of nitrogens with zero attached hydrogens (tertiary/aromatic N) is 1. The van der Waals surface area contributed by atoms with Crippen molar-refractivity contribution in [3.8, 4) is 11.1 Å². The lowest BCUT2D eigenvalue weighted by Gasteiger charge is -2.37. The minimum absolute atomic E-state index is 0.150. The summed E-state index contributed by atoms with van der Waals surface area (Å²) in [5.41, 5.74) is 6.29. The summed E-state index contributed by atoms with van der Waals surface area (Å²) >= 11 is 0. The fraction of sp³-hybridized carbons (Fsp3) is 0.194. The van der Waals surface area contributed by atoms with Crippen molar-refractivity contribution in [3.05, 3.63) is 126 Å². The van der Waals surface area contributed by atoms with Gasteiger partial charge < -0.3 is 15.3 Å². The zero-order valence-electron chi connectivity index (χ0n) is 20.0. The number of fused-ring (bicyclic) bond motifs is 1. The average molecular weight is 481 g/mol. The Morgan fingerprint density at radius 2 is 1.53 bits per heavy atom. The second-order valence-corrected chi connectivity index (χ2v) is 9.33. The van der Waals surface area contributed by atoms with E-state index < -0.39 is 6.10 Å². The summed E-state index contributed by atoms with van der Waals surface area (Å²) in [5, 5.41) is 13.6. The molecule has 182 valence electrons. The lowest BCUT2D eigenvalue weighted by atomic mass is 9.93. The van der Waals surface area contributed by atoms with E-state index in [2.05, 4.69) is 40.5 Å². The Bertz CT molecular complexity index is 1310. The van der Waals surface area contributed by atoms with E-state index in [1.54, 1.807) is 12.1 Å². The molecule has 1 amide bonds. The van der Waals surface area contributed by atoms with Crippen LogP contribution in [0.4, 0.5) is 10.1 Å². The maximum atomic E-state index is 13.4. The molecule has 4 aromatic rings. The molecule has 0 spiro atoms. The number of anilines is 1. The number of amides is 1.